The molecule has 1 atom stereocenters. The lowest BCUT2D eigenvalue weighted by Gasteiger charge is -2.40. The number of methoxy groups -OCH3 is 1. The summed E-state index contributed by atoms with van der Waals surface area (Å²) in [6.07, 6.45) is -1.18. The smallest absolute Gasteiger partial charge is 0.326 e. The number of hydrogen-bond donors (Lipinski definition) is 3. The van der Waals surface area contributed by atoms with Gasteiger partial charge in [-0.3, -0.25) is 28.8 Å². The Morgan fingerprint density at radius 3 is 2.02 bits per heavy atom. The monoisotopic (exact) mass is 605 g/mol. The van der Waals surface area contributed by atoms with E-state index in [-0.39, 0.29) is 61.6 Å². The molecule has 0 unspecified atom stereocenters. The first-order valence-electron chi connectivity index (χ1n) is 13.2. The fourth-order valence-corrected chi connectivity index (χ4v) is 4.65. The fourth-order valence-electron chi connectivity index (χ4n) is 2.81. The Morgan fingerprint density at radius 2 is 1.48 bits per heavy atom. The average Bonchev–Trinajstić information content (AvgIpc) is 2.85. The summed E-state index contributed by atoms with van der Waals surface area (Å²) in [5, 5.41) is 7.43. The minimum Gasteiger partial charge on any atom is -0.469 e. The summed E-state index contributed by atoms with van der Waals surface area (Å²) in [6.45, 7) is 15.2. The first kappa shape index (κ1) is 37.5. The van der Waals surface area contributed by atoms with E-state index in [0.29, 0.717) is 5.75 Å². The third-order valence-electron chi connectivity index (χ3n) is 6.39. The van der Waals surface area contributed by atoms with Crippen molar-refractivity contribution in [2.45, 2.75) is 85.0 Å². The van der Waals surface area contributed by atoms with Crippen molar-refractivity contribution in [2.24, 2.45) is 5.41 Å². The van der Waals surface area contributed by atoms with Crippen LogP contribution in [0.15, 0.2) is 0 Å². The molecule has 14 heteroatoms. The van der Waals surface area contributed by atoms with Gasteiger partial charge in [-0.15, -0.1) is 0 Å². The van der Waals surface area contributed by atoms with Crippen molar-refractivity contribution in [2.75, 3.05) is 39.1 Å². The van der Waals surface area contributed by atoms with Crippen molar-refractivity contribution in [1.82, 2.24) is 16.0 Å². The van der Waals surface area contributed by atoms with Crippen LogP contribution < -0.4 is 16.0 Å². The molecular weight excluding hydrogens is 558 g/mol. The summed E-state index contributed by atoms with van der Waals surface area (Å²) in [5.41, 5.74) is -0.911. The molecule has 0 radical (unpaired) electrons. The van der Waals surface area contributed by atoms with Gasteiger partial charge < -0.3 is 29.9 Å². The van der Waals surface area contributed by atoms with Crippen molar-refractivity contribution in [1.29, 1.82) is 0 Å². The van der Waals surface area contributed by atoms with Crippen molar-refractivity contribution in [3.8, 4) is 0 Å². The van der Waals surface area contributed by atoms with Crippen LogP contribution in [0.4, 0.5) is 0 Å². The molecule has 0 aliphatic carbocycles. The average molecular weight is 606 g/mol. The van der Waals surface area contributed by atoms with Crippen LogP contribution in [0.5, 0.6) is 0 Å². The van der Waals surface area contributed by atoms with Gasteiger partial charge in [0.2, 0.25) is 11.8 Å². The molecule has 0 spiro atoms. The normalized spacial score (nSPS) is 12.6. The molecular formula is C26H47N3O9SSi. The maximum atomic E-state index is 13.1. The summed E-state index contributed by atoms with van der Waals surface area (Å²) in [6, 6.07) is 0. The maximum absolute atomic E-state index is 13.1. The maximum Gasteiger partial charge on any atom is 0.326 e. The van der Waals surface area contributed by atoms with Gasteiger partial charge in [0.15, 0.2) is 19.5 Å². The van der Waals surface area contributed by atoms with Crippen molar-refractivity contribution >= 4 is 54.9 Å². The minimum absolute atomic E-state index is 0.00517. The predicted molar refractivity (Wildman–Crippen MR) is 155 cm³/mol. The summed E-state index contributed by atoms with van der Waals surface area (Å²) in [7, 11) is -0.912. The molecule has 0 aromatic carbocycles. The molecule has 0 saturated carbocycles. The van der Waals surface area contributed by atoms with Gasteiger partial charge in [0.1, 0.15) is 6.54 Å². The zero-order chi connectivity index (χ0) is 31.1. The number of carbonyl (C=O) groups excluding carboxylic acids is 6. The van der Waals surface area contributed by atoms with Gasteiger partial charge in [-0.25, -0.2) is 0 Å². The second kappa shape index (κ2) is 17.4. The van der Waals surface area contributed by atoms with E-state index in [2.05, 4.69) is 54.6 Å². The molecule has 40 heavy (non-hydrogen) atoms. The van der Waals surface area contributed by atoms with Gasteiger partial charge in [-0.2, -0.15) is 0 Å². The topological polar surface area (TPSA) is 166 Å². The van der Waals surface area contributed by atoms with E-state index >= 15 is 0 Å². The van der Waals surface area contributed by atoms with E-state index in [1.54, 1.807) is 13.8 Å². The molecule has 3 N–H and O–H groups in total. The van der Waals surface area contributed by atoms with Crippen LogP contribution in [-0.4, -0.2) is 88.3 Å². The third kappa shape index (κ3) is 15.4. The number of carbonyl (C=O) groups is 6. The van der Waals surface area contributed by atoms with Crippen molar-refractivity contribution < 1.29 is 42.7 Å². The van der Waals surface area contributed by atoms with E-state index in [4.69, 9.17) is 9.16 Å². The first-order chi connectivity index (χ1) is 18.3. The molecule has 0 rings (SSSR count). The summed E-state index contributed by atoms with van der Waals surface area (Å²) in [5.74, 6) is -2.21. The number of thioether (sulfide) groups is 1. The van der Waals surface area contributed by atoms with Crippen molar-refractivity contribution in [3.05, 3.63) is 0 Å². The van der Waals surface area contributed by atoms with Crippen molar-refractivity contribution in [3.63, 3.8) is 0 Å². The Morgan fingerprint density at radius 1 is 0.850 bits per heavy atom. The van der Waals surface area contributed by atoms with E-state index in [1.807, 2.05) is 0 Å². The summed E-state index contributed by atoms with van der Waals surface area (Å²) < 4.78 is 16.3. The van der Waals surface area contributed by atoms with Gasteiger partial charge in [-0.05, 0) is 18.1 Å². The third-order valence-corrected chi connectivity index (χ3v) is 11.8. The Bertz CT molecular complexity index is 904. The number of nitrogens with one attached hydrogen (secondary N) is 3. The van der Waals surface area contributed by atoms with E-state index in [0.717, 1.165) is 11.8 Å². The first-order valence-corrected chi connectivity index (χ1v) is 17.1. The van der Waals surface area contributed by atoms with Crippen LogP contribution in [0.1, 0.15) is 60.8 Å². The molecule has 0 aliphatic heterocycles. The molecule has 0 fully saturated rings. The second-order valence-corrected chi connectivity index (χ2v) is 17.5. The van der Waals surface area contributed by atoms with Gasteiger partial charge in [0.25, 0.3) is 5.91 Å². The van der Waals surface area contributed by atoms with Crippen LogP contribution in [-0.2, 0) is 42.7 Å². The van der Waals surface area contributed by atoms with Crippen LogP contribution in [0.25, 0.3) is 0 Å². The van der Waals surface area contributed by atoms with Gasteiger partial charge in [0, 0.05) is 50.6 Å². The lowest BCUT2D eigenvalue weighted by atomic mass is 9.86. The van der Waals surface area contributed by atoms with Crippen LogP contribution in [0.2, 0.25) is 18.1 Å². The van der Waals surface area contributed by atoms with Gasteiger partial charge in [0.05, 0.1) is 13.5 Å². The Balaban J connectivity index is 4.96. The fraction of sp³-hybridized carbons (Fsp3) is 0.769. The minimum atomic E-state index is -2.17. The molecule has 0 bridgehead atoms. The SMILES string of the molecule is COC(=O)CCC(=O)SCCNC(=O)CCNC(=O)[C@H](OC(=O)CNC(C)=O)C(C)(C)CO[Si](C)(C)C(C)(C)C. The summed E-state index contributed by atoms with van der Waals surface area (Å²) in [4.78, 5) is 71.6. The largest absolute Gasteiger partial charge is 0.469 e. The summed E-state index contributed by atoms with van der Waals surface area (Å²) >= 11 is 1.01. The van der Waals surface area contributed by atoms with Crippen LogP contribution in [0.3, 0.4) is 0 Å². The number of hydrogen-bond acceptors (Lipinski definition) is 10. The molecule has 0 heterocycles. The predicted octanol–water partition coefficient (Wildman–Crippen LogP) is 1.92. The Labute approximate surface area is 242 Å². The highest BCUT2D eigenvalue weighted by Gasteiger charge is 2.43. The zero-order valence-electron chi connectivity index (χ0n) is 25.3. The molecule has 0 aromatic heterocycles. The molecule has 0 aliphatic rings. The zero-order valence-corrected chi connectivity index (χ0v) is 27.1. The number of rotatable bonds is 17. The highest BCUT2D eigenvalue weighted by Crippen LogP contribution is 2.38. The van der Waals surface area contributed by atoms with Gasteiger partial charge in [-0.1, -0.05) is 46.4 Å². The lowest BCUT2D eigenvalue weighted by Crippen LogP contribution is -2.52. The van der Waals surface area contributed by atoms with E-state index in [9.17, 15) is 28.8 Å². The Kier molecular flexibility index (Phi) is 16.3. The molecule has 0 aromatic rings. The number of esters is 2. The van der Waals surface area contributed by atoms with Gasteiger partial charge >= 0.3 is 11.9 Å². The van der Waals surface area contributed by atoms with Crippen LogP contribution in [0, 0.1) is 5.41 Å². The highest BCUT2D eigenvalue weighted by atomic mass is 32.2. The second-order valence-electron chi connectivity index (χ2n) is 11.5. The molecule has 3 amide bonds. The molecule has 12 nitrogen and oxygen atoms in total. The number of ether oxygens (including phenoxy) is 2. The van der Waals surface area contributed by atoms with Crippen LogP contribution >= 0.6 is 11.8 Å². The molecule has 0 saturated heterocycles. The van der Waals surface area contributed by atoms with E-state index in [1.165, 1.54) is 14.0 Å². The molecule has 230 valence electrons. The number of amides is 3. The Hall–Kier alpha value is -2.45. The standard InChI is InChI=1S/C26H47N3O9SSi/c1-18(30)29-16-21(33)38-23(26(5,6)17-37-40(8,9)25(2,3)4)24(35)28-13-12-19(31)27-14-15-39-22(34)11-10-20(32)36-7/h23H,10-17H2,1-9H3,(H,27,31)(H,28,35)(H,29,30)/t23-/m0/s1. The highest BCUT2D eigenvalue weighted by molar-refractivity contribution is 8.13. The lowest BCUT2D eigenvalue weighted by molar-refractivity contribution is -0.164. The van der Waals surface area contributed by atoms with E-state index < -0.39 is 43.6 Å². The quantitative estimate of drug-likeness (QED) is 0.127.